The number of hydrogen-bond acceptors (Lipinski definition) is 1. The van der Waals surface area contributed by atoms with Crippen molar-refractivity contribution in [3.05, 3.63) is 0 Å². The van der Waals surface area contributed by atoms with Gasteiger partial charge in [-0.2, -0.15) is 0 Å². The molecule has 0 saturated heterocycles. The van der Waals surface area contributed by atoms with Crippen LogP contribution in [0.25, 0.3) is 0 Å². The average Bonchev–Trinajstić information content (AvgIpc) is 1.82. The topological polar surface area (TPSA) is 29.4 Å². The van der Waals surface area contributed by atoms with Gasteiger partial charge in [0.2, 0.25) is 5.91 Å². The summed E-state index contributed by atoms with van der Waals surface area (Å²) in [4.78, 5) is 14.1. The van der Waals surface area contributed by atoms with Crippen molar-refractivity contribution in [1.29, 1.82) is 0 Å². The molecule has 0 fully saturated rings. The van der Waals surface area contributed by atoms with Crippen LogP contribution in [0.2, 0.25) is 0 Å². The molecule has 2 heteroatoms. The molecule has 0 aliphatic carbocycles. The Labute approximate surface area is 48.6 Å². The van der Waals surface area contributed by atoms with E-state index in [-0.39, 0.29) is 11.3 Å². The summed E-state index contributed by atoms with van der Waals surface area (Å²) >= 11 is 0. The zero-order valence-corrected chi connectivity index (χ0v) is 5.14. The van der Waals surface area contributed by atoms with Gasteiger partial charge in [0.25, 0.3) is 0 Å². The maximum absolute atomic E-state index is 10.5. The Morgan fingerprint density at radius 2 is 2.38 bits per heavy atom. The van der Waals surface area contributed by atoms with Gasteiger partial charge in [-0.05, 0) is 0 Å². The first-order valence-corrected chi connectivity index (χ1v) is 2.68. The molecule has 0 saturated carbocycles. The van der Waals surface area contributed by atoms with Crippen molar-refractivity contribution in [2.75, 3.05) is 0 Å². The number of amides is 1. The summed E-state index contributed by atoms with van der Waals surface area (Å²) in [6.45, 7) is 4.00. The molecule has 1 aliphatic heterocycles. The molecule has 1 amide bonds. The molecule has 0 unspecified atom stereocenters. The van der Waals surface area contributed by atoms with Crippen molar-refractivity contribution in [2.45, 2.75) is 20.3 Å². The lowest BCUT2D eigenvalue weighted by atomic mass is 9.93. The number of rotatable bonds is 0. The minimum Gasteiger partial charge on any atom is -0.273 e. The van der Waals surface area contributed by atoms with E-state index in [0.29, 0.717) is 6.42 Å². The van der Waals surface area contributed by atoms with Crippen molar-refractivity contribution in [2.24, 2.45) is 10.4 Å². The van der Waals surface area contributed by atoms with Crippen LogP contribution in [-0.2, 0) is 4.79 Å². The average molecular weight is 111 g/mol. The Morgan fingerprint density at radius 1 is 1.75 bits per heavy atom. The van der Waals surface area contributed by atoms with E-state index in [9.17, 15) is 4.79 Å². The molecule has 0 spiro atoms. The fraction of sp³-hybridized carbons (Fsp3) is 0.667. The highest BCUT2D eigenvalue weighted by Gasteiger charge is 2.24. The van der Waals surface area contributed by atoms with E-state index in [0.717, 1.165) is 0 Å². The van der Waals surface area contributed by atoms with Crippen molar-refractivity contribution < 1.29 is 4.79 Å². The highest BCUT2D eigenvalue weighted by Crippen LogP contribution is 2.22. The third kappa shape index (κ3) is 0.941. The van der Waals surface area contributed by atoms with Gasteiger partial charge in [-0.1, -0.05) is 13.8 Å². The van der Waals surface area contributed by atoms with Crippen LogP contribution >= 0.6 is 0 Å². The molecule has 1 heterocycles. The monoisotopic (exact) mass is 111 g/mol. The molecular weight excluding hydrogens is 102 g/mol. The summed E-state index contributed by atoms with van der Waals surface area (Å²) in [6.07, 6.45) is 2.29. The van der Waals surface area contributed by atoms with Crippen LogP contribution in [0.3, 0.4) is 0 Å². The van der Waals surface area contributed by atoms with E-state index >= 15 is 0 Å². The van der Waals surface area contributed by atoms with Crippen LogP contribution < -0.4 is 0 Å². The van der Waals surface area contributed by atoms with E-state index in [1.165, 1.54) is 0 Å². The number of carbonyl (C=O) groups is 1. The zero-order valence-electron chi connectivity index (χ0n) is 5.14. The largest absolute Gasteiger partial charge is 0.273 e. The van der Waals surface area contributed by atoms with Crippen LogP contribution in [0.15, 0.2) is 4.99 Å². The fourth-order valence-electron chi connectivity index (χ4n) is 0.728. The van der Waals surface area contributed by atoms with Gasteiger partial charge >= 0.3 is 0 Å². The Hall–Kier alpha value is -0.660. The molecule has 0 bridgehead atoms. The van der Waals surface area contributed by atoms with Gasteiger partial charge in [-0.3, -0.25) is 4.79 Å². The van der Waals surface area contributed by atoms with Crippen molar-refractivity contribution in [3.8, 4) is 0 Å². The third-order valence-electron chi connectivity index (χ3n) is 1.16. The Kier molecular flexibility index (Phi) is 0.962. The predicted molar refractivity (Wildman–Crippen MR) is 31.9 cm³/mol. The van der Waals surface area contributed by atoms with Gasteiger partial charge in [0.15, 0.2) is 0 Å². The lowest BCUT2D eigenvalue weighted by Crippen LogP contribution is -2.08. The van der Waals surface area contributed by atoms with Gasteiger partial charge in [0.05, 0.1) is 0 Å². The van der Waals surface area contributed by atoms with Crippen LogP contribution in [0.5, 0.6) is 0 Å². The summed E-state index contributed by atoms with van der Waals surface area (Å²) in [5.74, 6) is 0.00926. The molecule has 0 radical (unpaired) electrons. The first-order chi connectivity index (χ1) is 3.60. The SMILES string of the molecule is CC1(C)C=NC(=O)C1. The molecule has 0 aromatic rings. The first-order valence-electron chi connectivity index (χ1n) is 2.68. The maximum atomic E-state index is 10.5. The minimum absolute atomic E-state index is 0.00926. The molecule has 0 aromatic heterocycles. The van der Waals surface area contributed by atoms with E-state index < -0.39 is 0 Å². The molecule has 1 rings (SSSR count). The minimum atomic E-state index is 0.00926. The van der Waals surface area contributed by atoms with Crippen LogP contribution in [0.1, 0.15) is 20.3 Å². The van der Waals surface area contributed by atoms with Crippen LogP contribution in [0.4, 0.5) is 0 Å². The standard InChI is InChI=1S/C6H9NO/c1-6(2)3-5(8)7-4-6/h4H,3H2,1-2H3. The molecule has 44 valence electrons. The Balaban J connectivity index is 2.72. The molecular formula is C6H9NO. The number of hydrogen-bond donors (Lipinski definition) is 0. The summed E-state index contributed by atoms with van der Waals surface area (Å²) in [5.41, 5.74) is 0.0249. The summed E-state index contributed by atoms with van der Waals surface area (Å²) < 4.78 is 0. The number of nitrogens with zero attached hydrogens (tertiary/aromatic N) is 1. The van der Waals surface area contributed by atoms with Crippen LogP contribution in [0, 0.1) is 5.41 Å². The Bertz CT molecular complexity index is 147. The molecule has 0 N–H and O–H groups in total. The zero-order chi connectivity index (χ0) is 6.20. The first kappa shape index (κ1) is 5.48. The lowest BCUT2D eigenvalue weighted by Gasteiger charge is -2.07. The molecule has 8 heavy (non-hydrogen) atoms. The summed E-state index contributed by atoms with van der Waals surface area (Å²) in [5, 5.41) is 0. The van der Waals surface area contributed by atoms with Gasteiger partial charge < -0.3 is 0 Å². The summed E-state index contributed by atoms with van der Waals surface area (Å²) in [6, 6.07) is 0. The second-order valence-corrected chi connectivity index (χ2v) is 2.82. The summed E-state index contributed by atoms with van der Waals surface area (Å²) in [7, 11) is 0. The van der Waals surface area contributed by atoms with Crippen molar-refractivity contribution >= 4 is 12.1 Å². The normalized spacial score (nSPS) is 24.5. The van der Waals surface area contributed by atoms with Gasteiger partial charge in [0.1, 0.15) is 0 Å². The van der Waals surface area contributed by atoms with Gasteiger partial charge in [-0.25, -0.2) is 4.99 Å². The third-order valence-corrected chi connectivity index (χ3v) is 1.16. The quantitative estimate of drug-likeness (QED) is 0.458. The van der Waals surface area contributed by atoms with Crippen LogP contribution in [-0.4, -0.2) is 12.1 Å². The molecule has 1 aliphatic rings. The lowest BCUT2D eigenvalue weighted by molar-refractivity contribution is -0.117. The van der Waals surface area contributed by atoms with E-state index in [2.05, 4.69) is 4.99 Å². The number of carbonyl (C=O) groups excluding carboxylic acids is 1. The van der Waals surface area contributed by atoms with Crippen molar-refractivity contribution in [3.63, 3.8) is 0 Å². The Morgan fingerprint density at radius 3 is 2.50 bits per heavy atom. The van der Waals surface area contributed by atoms with Crippen molar-refractivity contribution in [1.82, 2.24) is 0 Å². The van der Waals surface area contributed by atoms with Gasteiger partial charge in [0, 0.05) is 18.1 Å². The molecule has 0 atom stereocenters. The smallest absolute Gasteiger partial charge is 0.246 e. The van der Waals surface area contributed by atoms with E-state index in [1.54, 1.807) is 6.21 Å². The fourth-order valence-corrected chi connectivity index (χ4v) is 0.728. The second-order valence-electron chi connectivity index (χ2n) is 2.82. The van der Waals surface area contributed by atoms with Gasteiger partial charge in [-0.15, -0.1) is 0 Å². The van der Waals surface area contributed by atoms with E-state index in [1.807, 2.05) is 13.8 Å². The molecule has 0 aromatic carbocycles. The second kappa shape index (κ2) is 1.41. The maximum Gasteiger partial charge on any atom is 0.246 e. The highest BCUT2D eigenvalue weighted by atomic mass is 16.1. The highest BCUT2D eigenvalue weighted by molar-refractivity contribution is 5.94. The van der Waals surface area contributed by atoms with E-state index in [4.69, 9.17) is 0 Å². The predicted octanol–water partition coefficient (Wildman–Crippen LogP) is 1.01. The number of aliphatic imine (C=N–C) groups is 1. The molecule has 2 nitrogen and oxygen atoms in total.